The number of likely N-dealkylation sites (N-methyl/N-ethyl adjacent to an activating group) is 2. The standard InChI is InChI=1S/C12H24N4O/c1-14-12(11(13)17)4-3-10(9-12)16-7-5-15(2)6-8-16/h10,14H,3-9H2,1-2H3,(H2,13,17). The molecule has 98 valence electrons. The molecule has 5 heteroatoms. The van der Waals surface area contributed by atoms with Crippen LogP contribution in [0.4, 0.5) is 0 Å². The highest BCUT2D eigenvalue weighted by Gasteiger charge is 2.44. The maximum atomic E-state index is 11.6. The molecule has 2 rings (SSSR count). The molecule has 2 atom stereocenters. The van der Waals surface area contributed by atoms with Gasteiger partial charge in [0.2, 0.25) is 5.91 Å². The van der Waals surface area contributed by atoms with Crippen LogP contribution in [0.3, 0.4) is 0 Å². The Hall–Kier alpha value is -0.650. The Kier molecular flexibility index (Phi) is 3.70. The van der Waals surface area contributed by atoms with Gasteiger partial charge < -0.3 is 16.0 Å². The Morgan fingerprint density at radius 1 is 1.35 bits per heavy atom. The van der Waals surface area contributed by atoms with E-state index < -0.39 is 5.54 Å². The average Bonchev–Trinajstić information content (AvgIpc) is 2.75. The first-order valence-corrected chi connectivity index (χ1v) is 6.49. The topological polar surface area (TPSA) is 61.6 Å². The minimum atomic E-state index is -0.464. The Morgan fingerprint density at radius 3 is 2.47 bits per heavy atom. The van der Waals surface area contributed by atoms with Gasteiger partial charge in [0.1, 0.15) is 0 Å². The molecule has 17 heavy (non-hydrogen) atoms. The first kappa shape index (κ1) is 12.8. The van der Waals surface area contributed by atoms with E-state index in [2.05, 4.69) is 22.2 Å². The van der Waals surface area contributed by atoms with Gasteiger partial charge in [0, 0.05) is 32.2 Å². The molecular formula is C12H24N4O. The molecule has 1 saturated carbocycles. The van der Waals surface area contributed by atoms with Gasteiger partial charge in [0.05, 0.1) is 5.54 Å². The maximum absolute atomic E-state index is 11.6. The van der Waals surface area contributed by atoms with E-state index in [1.807, 2.05) is 7.05 Å². The Bertz CT molecular complexity index is 288. The first-order chi connectivity index (χ1) is 8.07. The zero-order chi connectivity index (χ0) is 12.5. The molecule has 1 aliphatic heterocycles. The molecule has 2 fully saturated rings. The highest BCUT2D eigenvalue weighted by molar-refractivity contribution is 5.85. The SMILES string of the molecule is CNC1(C(N)=O)CCC(N2CCN(C)CC2)C1. The lowest BCUT2D eigenvalue weighted by atomic mass is 9.96. The summed E-state index contributed by atoms with van der Waals surface area (Å²) in [6.45, 7) is 4.47. The van der Waals surface area contributed by atoms with Crippen LogP contribution in [0.15, 0.2) is 0 Å². The quantitative estimate of drug-likeness (QED) is 0.680. The van der Waals surface area contributed by atoms with Gasteiger partial charge >= 0.3 is 0 Å². The molecule has 1 amide bonds. The van der Waals surface area contributed by atoms with Crippen molar-refractivity contribution in [1.29, 1.82) is 0 Å². The van der Waals surface area contributed by atoms with Crippen LogP contribution < -0.4 is 11.1 Å². The molecule has 0 aromatic carbocycles. The van der Waals surface area contributed by atoms with Gasteiger partial charge in [0.25, 0.3) is 0 Å². The van der Waals surface area contributed by atoms with Crippen LogP contribution in [0.1, 0.15) is 19.3 Å². The lowest BCUT2D eigenvalue weighted by Gasteiger charge is -2.37. The Balaban J connectivity index is 1.95. The molecule has 0 radical (unpaired) electrons. The smallest absolute Gasteiger partial charge is 0.237 e. The summed E-state index contributed by atoms with van der Waals surface area (Å²) in [4.78, 5) is 16.4. The third kappa shape index (κ3) is 2.46. The number of nitrogens with zero attached hydrogens (tertiary/aromatic N) is 2. The van der Waals surface area contributed by atoms with Crippen molar-refractivity contribution in [2.45, 2.75) is 30.8 Å². The summed E-state index contributed by atoms with van der Waals surface area (Å²) in [7, 11) is 4.00. The number of piperazine rings is 1. The van der Waals surface area contributed by atoms with Gasteiger partial charge in [-0.25, -0.2) is 0 Å². The van der Waals surface area contributed by atoms with Crippen LogP contribution in [-0.4, -0.2) is 67.6 Å². The number of amides is 1. The molecule has 0 spiro atoms. The highest BCUT2D eigenvalue weighted by atomic mass is 16.1. The molecule has 2 unspecified atom stereocenters. The summed E-state index contributed by atoms with van der Waals surface area (Å²) in [6, 6.07) is 0.517. The van der Waals surface area contributed by atoms with Crippen molar-refractivity contribution in [1.82, 2.24) is 15.1 Å². The van der Waals surface area contributed by atoms with Crippen LogP contribution in [0.2, 0.25) is 0 Å². The number of primary amides is 1. The summed E-state index contributed by atoms with van der Waals surface area (Å²) in [6.07, 6.45) is 2.81. The molecule has 0 aromatic heterocycles. The second-order valence-electron chi connectivity index (χ2n) is 5.43. The average molecular weight is 240 g/mol. The van der Waals surface area contributed by atoms with Crippen LogP contribution in [0.5, 0.6) is 0 Å². The lowest BCUT2D eigenvalue weighted by Crippen LogP contribution is -2.54. The fourth-order valence-electron chi connectivity index (χ4n) is 3.09. The van der Waals surface area contributed by atoms with E-state index in [1.165, 1.54) is 0 Å². The number of carbonyl (C=O) groups is 1. The van der Waals surface area contributed by atoms with Gasteiger partial charge in [-0.2, -0.15) is 0 Å². The van der Waals surface area contributed by atoms with Crippen molar-refractivity contribution in [2.75, 3.05) is 40.3 Å². The summed E-state index contributed by atoms with van der Waals surface area (Å²) in [5, 5.41) is 3.14. The zero-order valence-corrected chi connectivity index (χ0v) is 10.9. The number of carbonyl (C=O) groups excluding carboxylic acids is 1. The van der Waals surface area contributed by atoms with Gasteiger partial charge in [-0.3, -0.25) is 9.69 Å². The fraction of sp³-hybridized carbons (Fsp3) is 0.917. The van der Waals surface area contributed by atoms with Crippen LogP contribution >= 0.6 is 0 Å². The summed E-state index contributed by atoms with van der Waals surface area (Å²) in [5.41, 5.74) is 5.06. The van der Waals surface area contributed by atoms with E-state index in [0.29, 0.717) is 6.04 Å². The van der Waals surface area contributed by atoms with Gasteiger partial charge in [-0.1, -0.05) is 0 Å². The van der Waals surface area contributed by atoms with Crippen LogP contribution in [0, 0.1) is 0 Å². The monoisotopic (exact) mass is 240 g/mol. The number of hydrogen-bond acceptors (Lipinski definition) is 4. The van der Waals surface area contributed by atoms with Crippen LogP contribution in [-0.2, 0) is 4.79 Å². The summed E-state index contributed by atoms with van der Waals surface area (Å²) in [5.74, 6) is -0.198. The second kappa shape index (κ2) is 4.92. The minimum absolute atomic E-state index is 0.198. The second-order valence-corrected chi connectivity index (χ2v) is 5.43. The minimum Gasteiger partial charge on any atom is -0.368 e. The summed E-state index contributed by atoms with van der Waals surface area (Å²) >= 11 is 0. The molecule has 1 saturated heterocycles. The molecule has 0 aromatic rings. The molecule has 1 aliphatic carbocycles. The number of hydrogen-bond donors (Lipinski definition) is 2. The number of nitrogens with one attached hydrogen (secondary N) is 1. The van der Waals surface area contributed by atoms with Gasteiger partial charge in [-0.05, 0) is 33.4 Å². The predicted octanol–water partition coefficient (Wildman–Crippen LogP) is -0.770. The van der Waals surface area contributed by atoms with E-state index in [0.717, 1.165) is 45.4 Å². The third-order valence-electron chi connectivity index (χ3n) is 4.49. The predicted molar refractivity (Wildman–Crippen MR) is 67.7 cm³/mol. The van der Waals surface area contributed by atoms with Gasteiger partial charge in [0.15, 0.2) is 0 Å². The zero-order valence-electron chi connectivity index (χ0n) is 10.9. The van der Waals surface area contributed by atoms with E-state index in [9.17, 15) is 4.79 Å². The van der Waals surface area contributed by atoms with E-state index in [1.54, 1.807) is 0 Å². The van der Waals surface area contributed by atoms with Crippen molar-refractivity contribution >= 4 is 5.91 Å². The largest absolute Gasteiger partial charge is 0.368 e. The third-order valence-corrected chi connectivity index (χ3v) is 4.49. The number of rotatable bonds is 3. The van der Waals surface area contributed by atoms with Crippen molar-refractivity contribution in [3.05, 3.63) is 0 Å². The lowest BCUT2D eigenvalue weighted by molar-refractivity contribution is -0.124. The molecule has 2 aliphatic rings. The summed E-state index contributed by atoms with van der Waals surface area (Å²) < 4.78 is 0. The number of nitrogens with two attached hydrogens (primary N) is 1. The first-order valence-electron chi connectivity index (χ1n) is 6.49. The van der Waals surface area contributed by atoms with Crippen molar-refractivity contribution in [2.24, 2.45) is 5.73 Å². The highest BCUT2D eigenvalue weighted by Crippen LogP contribution is 2.33. The Labute approximate surface area is 103 Å². The molecule has 1 heterocycles. The van der Waals surface area contributed by atoms with Gasteiger partial charge in [-0.15, -0.1) is 0 Å². The molecule has 3 N–H and O–H groups in total. The molecule has 5 nitrogen and oxygen atoms in total. The van der Waals surface area contributed by atoms with E-state index >= 15 is 0 Å². The molecule has 0 bridgehead atoms. The van der Waals surface area contributed by atoms with Crippen molar-refractivity contribution < 1.29 is 4.79 Å². The molecular weight excluding hydrogens is 216 g/mol. The normalized spacial score (nSPS) is 36.2. The van der Waals surface area contributed by atoms with E-state index in [-0.39, 0.29) is 5.91 Å². The maximum Gasteiger partial charge on any atom is 0.237 e. The fourth-order valence-corrected chi connectivity index (χ4v) is 3.09. The Morgan fingerprint density at radius 2 is 2.00 bits per heavy atom. The van der Waals surface area contributed by atoms with E-state index in [4.69, 9.17) is 5.73 Å². The van der Waals surface area contributed by atoms with Crippen molar-refractivity contribution in [3.63, 3.8) is 0 Å². The van der Waals surface area contributed by atoms with Crippen LogP contribution in [0.25, 0.3) is 0 Å². The van der Waals surface area contributed by atoms with Crippen molar-refractivity contribution in [3.8, 4) is 0 Å².